The Balaban J connectivity index is 1.59. The molecule has 0 aromatic rings. The maximum absolute atomic E-state index is 5.99. The smallest absolute Gasteiger partial charge is 0.0888 e. The summed E-state index contributed by atoms with van der Waals surface area (Å²) in [7, 11) is 5.67. The predicted octanol–water partition coefficient (Wildman–Crippen LogP) is 4.68. The zero-order valence-corrected chi connectivity index (χ0v) is 16.9. The van der Waals surface area contributed by atoms with Gasteiger partial charge in [-0.2, -0.15) is 0 Å². The van der Waals surface area contributed by atoms with Crippen LogP contribution in [0.15, 0.2) is 0 Å². The summed E-state index contributed by atoms with van der Waals surface area (Å²) in [5.74, 6) is 3.42. The van der Waals surface area contributed by atoms with Gasteiger partial charge in [0, 0.05) is 21.3 Å². The van der Waals surface area contributed by atoms with Gasteiger partial charge in [-0.1, -0.05) is 13.8 Å². The SMILES string of the molecule is COC1CC[C@@]2(C)C(CC[C@@H]3[C@@H]2CC[C@]2(C)C(OC)C(OC)C[C@@H]32)C1. The Bertz CT molecular complexity index is 494. The van der Waals surface area contributed by atoms with Gasteiger partial charge in [0.05, 0.1) is 18.3 Å². The summed E-state index contributed by atoms with van der Waals surface area (Å²) in [4.78, 5) is 0. The van der Waals surface area contributed by atoms with E-state index in [9.17, 15) is 0 Å². The molecule has 4 fully saturated rings. The monoisotopic (exact) mass is 350 g/mol. The number of ether oxygens (including phenoxy) is 3. The third-order valence-corrected chi connectivity index (χ3v) is 9.42. The molecule has 25 heavy (non-hydrogen) atoms. The highest BCUT2D eigenvalue weighted by atomic mass is 16.5. The van der Waals surface area contributed by atoms with Crippen LogP contribution in [0.2, 0.25) is 0 Å². The summed E-state index contributed by atoms with van der Waals surface area (Å²) in [6.45, 7) is 5.12. The third kappa shape index (κ3) is 2.56. The van der Waals surface area contributed by atoms with Crippen LogP contribution in [0.4, 0.5) is 0 Å². The quantitative estimate of drug-likeness (QED) is 0.739. The van der Waals surface area contributed by atoms with E-state index in [0.717, 1.165) is 23.7 Å². The number of hydrogen-bond acceptors (Lipinski definition) is 3. The van der Waals surface area contributed by atoms with Crippen molar-refractivity contribution in [1.82, 2.24) is 0 Å². The lowest BCUT2D eigenvalue weighted by Gasteiger charge is -2.60. The standard InChI is InChI=1S/C22H38O3/c1-21-10-8-15(23-3)12-14(21)6-7-16-17(21)9-11-22(2)18(16)13-19(24-4)20(22)25-5/h14-20H,6-13H2,1-5H3/t14?,15?,16-,17+,18+,19?,20?,21+,22+/m1/s1. The molecule has 0 heterocycles. The molecule has 4 aliphatic carbocycles. The second-order valence-electron chi connectivity index (χ2n) is 10.00. The topological polar surface area (TPSA) is 27.7 Å². The van der Waals surface area contributed by atoms with E-state index < -0.39 is 0 Å². The van der Waals surface area contributed by atoms with Gasteiger partial charge in [0.25, 0.3) is 0 Å². The molecular formula is C22H38O3. The fourth-order valence-corrected chi connectivity index (χ4v) is 8.02. The zero-order chi connectivity index (χ0) is 17.8. The summed E-state index contributed by atoms with van der Waals surface area (Å²) >= 11 is 0. The van der Waals surface area contributed by atoms with Crippen LogP contribution in [0.3, 0.4) is 0 Å². The molecule has 0 bridgehead atoms. The normalized spacial score (nSPS) is 55.3. The van der Waals surface area contributed by atoms with Crippen molar-refractivity contribution >= 4 is 0 Å². The van der Waals surface area contributed by atoms with E-state index in [0.29, 0.717) is 16.9 Å². The molecular weight excluding hydrogens is 312 g/mol. The van der Waals surface area contributed by atoms with Crippen LogP contribution in [0, 0.1) is 34.5 Å². The van der Waals surface area contributed by atoms with Crippen molar-refractivity contribution in [2.45, 2.75) is 83.5 Å². The zero-order valence-electron chi connectivity index (χ0n) is 16.9. The molecule has 0 N–H and O–H groups in total. The van der Waals surface area contributed by atoms with E-state index in [4.69, 9.17) is 14.2 Å². The molecule has 0 aromatic carbocycles. The molecule has 4 rings (SSSR count). The van der Waals surface area contributed by atoms with Gasteiger partial charge in [-0.3, -0.25) is 0 Å². The Morgan fingerprint density at radius 1 is 0.720 bits per heavy atom. The number of hydrogen-bond donors (Lipinski definition) is 0. The molecule has 0 aliphatic heterocycles. The van der Waals surface area contributed by atoms with Gasteiger partial charge in [-0.15, -0.1) is 0 Å². The highest BCUT2D eigenvalue weighted by Crippen LogP contribution is 2.66. The molecule has 3 nitrogen and oxygen atoms in total. The number of methoxy groups -OCH3 is 3. The van der Waals surface area contributed by atoms with Crippen molar-refractivity contribution in [2.24, 2.45) is 34.5 Å². The van der Waals surface area contributed by atoms with E-state index in [-0.39, 0.29) is 12.2 Å². The van der Waals surface area contributed by atoms with Crippen LogP contribution in [0.1, 0.15) is 65.2 Å². The summed E-state index contributed by atoms with van der Waals surface area (Å²) in [5.41, 5.74) is 0.844. The molecule has 4 saturated carbocycles. The molecule has 0 aromatic heterocycles. The van der Waals surface area contributed by atoms with Gasteiger partial charge in [-0.25, -0.2) is 0 Å². The molecule has 0 radical (unpaired) electrons. The Labute approximate surface area is 154 Å². The predicted molar refractivity (Wildman–Crippen MR) is 99.5 cm³/mol. The van der Waals surface area contributed by atoms with Gasteiger partial charge >= 0.3 is 0 Å². The fraction of sp³-hybridized carbons (Fsp3) is 1.00. The minimum atomic E-state index is 0.276. The lowest BCUT2D eigenvalue weighted by molar-refractivity contribution is -0.144. The van der Waals surface area contributed by atoms with E-state index >= 15 is 0 Å². The molecule has 0 amide bonds. The fourth-order valence-electron chi connectivity index (χ4n) is 8.02. The van der Waals surface area contributed by atoms with Crippen molar-refractivity contribution in [3.05, 3.63) is 0 Å². The van der Waals surface area contributed by atoms with Crippen LogP contribution in [0.25, 0.3) is 0 Å². The molecule has 9 atom stereocenters. The third-order valence-electron chi connectivity index (χ3n) is 9.42. The second kappa shape index (κ2) is 6.49. The maximum atomic E-state index is 5.99. The van der Waals surface area contributed by atoms with Gasteiger partial charge in [0.1, 0.15) is 0 Å². The highest BCUT2D eigenvalue weighted by molar-refractivity contribution is 5.12. The first-order valence-corrected chi connectivity index (χ1v) is 10.6. The highest BCUT2D eigenvalue weighted by Gasteiger charge is 2.62. The van der Waals surface area contributed by atoms with Crippen molar-refractivity contribution in [1.29, 1.82) is 0 Å². The van der Waals surface area contributed by atoms with Crippen LogP contribution in [-0.4, -0.2) is 39.6 Å². The molecule has 0 saturated heterocycles. The average Bonchev–Trinajstić information content (AvgIpc) is 2.92. The van der Waals surface area contributed by atoms with Crippen LogP contribution in [-0.2, 0) is 14.2 Å². The first-order valence-electron chi connectivity index (χ1n) is 10.6. The van der Waals surface area contributed by atoms with Crippen molar-refractivity contribution in [2.75, 3.05) is 21.3 Å². The van der Waals surface area contributed by atoms with Gasteiger partial charge in [0.2, 0.25) is 0 Å². The number of rotatable bonds is 3. The van der Waals surface area contributed by atoms with Gasteiger partial charge < -0.3 is 14.2 Å². The van der Waals surface area contributed by atoms with E-state index in [1.54, 1.807) is 0 Å². The van der Waals surface area contributed by atoms with Gasteiger partial charge in [0.15, 0.2) is 0 Å². The Morgan fingerprint density at radius 3 is 2.16 bits per heavy atom. The summed E-state index contributed by atoms with van der Waals surface area (Å²) in [6, 6.07) is 0. The lowest BCUT2D eigenvalue weighted by atomic mass is 9.45. The first kappa shape index (κ1) is 18.3. The van der Waals surface area contributed by atoms with Crippen molar-refractivity contribution in [3.8, 4) is 0 Å². The van der Waals surface area contributed by atoms with Crippen molar-refractivity contribution in [3.63, 3.8) is 0 Å². The van der Waals surface area contributed by atoms with Crippen LogP contribution < -0.4 is 0 Å². The minimum absolute atomic E-state index is 0.276. The van der Waals surface area contributed by atoms with E-state index in [1.165, 1.54) is 51.4 Å². The average molecular weight is 351 g/mol. The minimum Gasteiger partial charge on any atom is -0.381 e. The second-order valence-corrected chi connectivity index (χ2v) is 10.00. The largest absolute Gasteiger partial charge is 0.381 e. The Kier molecular flexibility index (Phi) is 4.74. The number of fused-ring (bicyclic) bond motifs is 5. The molecule has 3 heteroatoms. The maximum Gasteiger partial charge on any atom is 0.0888 e. The summed E-state index contributed by atoms with van der Waals surface area (Å²) in [5, 5.41) is 0. The van der Waals surface area contributed by atoms with Gasteiger partial charge in [-0.05, 0) is 85.9 Å². The van der Waals surface area contributed by atoms with Crippen LogP contribution >= 0.6 is 0 Å². The Hall–Kier alpha value is -0.120. The summed E-state index contributed by atoms with van der Waals surface area (Å²) < 4.78 is 17.6. The van der Waals surface area contributed by atoms with E-state index in [2.05, 4.69) is 13.8 Å². The van der Waals surface area contributed by atoms with Crippen molar-refractivity contribution < 1.29 is 14.2 Å². The molecule has 4 unspecified atom stereocenters. The van der Waals surface area contributed by atoms with E-state index in [1.807, 2.05) is 21.3 Å². The lowest BCUT2D eigenvalue weighted by Crippen LogP contribution is -2.54. The molecule has 4 aliphatic rings. The molecule has 144 valence electrons. The molecule has 0 spiro atoms. The summed E-state index contributed by atoms with van der Waals surface area (Å²) in [6.07, 6.45) is 11.7. The Morgan fingerprint density at radius 2 is 1.48 bits per heavy atom. The van der Waals surface area contributed by atoms with Crippen LogP contribution in [0.5, 0.6) is 0 Å². The first-order chi connectivity index (χ1) is 12.0.